The number of nitrogens with two attached hydrogens (primary N) is 1. The molecule has 2 aromatic heterocycles. The summed E-state index contributed by atoms with van der Waals surface area (Å²) in [5.41, 5.74) is 6.53. The average Bonchev–Trinajstić information content (AvgIpc) is 2.87. The van der Waals surface area contributed by atoms with E-state index in [2.05, 4.69) is 15.1 Å². The van der Waals surface area contributed by atoms with Crippen LogP contribution in [0.15, 0.2) is 9.90 Å². The maximum atomic E-state index is 8.83. The van der Waals surface area contributed by atoms with E-state index in [1.165, 1.54) is 0 Å². The standard InChI is InChI=1S/C9H12N4O2S/c1-5-4-16-8(11-5)2-7-12-9(15-13-7)6(10)3-14/h4,6,14H,2-3,10H2,1H3/t6-/m0/s1. The number of nitrogens with zero attached hydrogens (tertiary/aromatic N) is 3. The van der Waals surface area contributed by atoms with Gasteiger partial charge in [0.2, 0.25) is 5.89 Å². The fourth-order valence-electron chi connectivity index (χ4n) is 1.19. The third-order valence-electron chi connectivity index (χ3n) is 1.97. The maximum Gasteiger partial charge on any atom is 0.245 e. The van der Waals surface area contributed by atoms with Crippen LogP contribution in [0.25, 0.3) is 0 Å². The van der Waals surface area contributed by atoms with E-state index < -0.39 is 6.04 Å². The Balaban J connectivity index is 2.08. The highest BCUT2D eigenvalue weighted by Gasteiger charge is 2.14. The summed E-state index contributed by atoms with van der Waals surface area (Å²) < 4.78 is 4.93. The molecular weight excluding hydrogens is 228 g/mol. The summed E-state index contributed by atoms with van der Waals surface area (Å²) in [6.45, 7) is 1.72. The minimum atomic E-state index is -0.612. The molecule has 0 saturated carbocycles. The van der Waals surface area contributed by atoms with E-state index in [0.29, 0.717) is 12.2 Å². The number of aliphatic hydroxyl groups excluding tert-OH is 1. The van der Waals surface area contributed by atoms with Crippen LogP contribution in [0, 0.1) is 6.92 Å². The van der Waals surface area contributed by atoms with E-state index in [9.17, 15) is 0 Å². The normalized spacial score (nSPS) is 12.9. The predicted molar refractivity (Wildman–Crippen MR) is 58.0 cm³/mol. The van der Waals surface area contributed by atoms with Gasteiger partial charge in [0.05, 0.1) is 13.0 Å². The van der Waals surface area contributed by atoms with E-state index in [4.69, 9.17) is 15.4 Å². The number of thiazole rings is 1. The maximum absolute atomic E-state index is 8.83. The van der Waals surface area contributed by atoms with Crippen LogP contribution in [-0.4, -0.2) is 26.8 Å². The minimum Gasteiger partial charge on any atom is -0.394 e. The predicted octanol–water partition coefficient (Wildman–Crippen LogP) is 0.417. The molecule has 0 aliphatic heterocycles. The molecule has 0 aliphatic carbocycles. The van der Waals surface area contributed by atoms with Gasteiger partial charge in [-0.15, -0.1) is 11.3 Å². The second-order valence-electron chi connectivity index (χ2n) is 3.40. The Labute approximate surface area is 96.1 Å². The van der Waals surface area contributed by atoms with Crippen molar-refractivity contribution in [2.45, 2.75) is 19.4 Å². The van der Waals surface area contributed by atoms with Crippen molar-refractivity contribution in [2.75, 3.05) is 6.61 Å². The number of hydrogen-bond donors (Lipinski definition) is 2. The molecule has 0 saturated heterocycles. The Morgan fingerprint density at radius 3 is 3.00 bits per heavy atom. The van der Waals surface area contributed by atoms with E-state index >= 15 is 0 Å². The summed E-state index contributed by atoms with van der Waals surface area (Å²) in [6.07, 6.45) is 0.528. The first kappa shape index (κ1) is 11.2. The first-order chi connectivity index (χ1) is 7.69. The van der Waals surface area contributed by atoms with Gasteiger partial charge < -0.3 is 15.4 Å². The fraction of sp³-hybridized carbons (Fsp3) is 0.444. The molecular formula is C9H12N4O2S. The fourth-order valence-corrected chi connectivity index (χ4v) is 1.96. The molecule has 7 heteroatoms. The molecule has 0 fully saturated rings. The molecule has 0 spiro atoms. The number of hydrogen-bond acceptors (Lipinski definition) is 7. The largest absolute Gasteiger partial charge is 0.394 e. The molecule has 2 rings (SSSR count). The zero-order valence-electron chi connectivity index (χ0n) is 8.75. The summed E-state index contributed by atoms with van der Waals surface area (Å²) in [5.74, 6) is 0.791. The van der Waals surface area contributed by atoms with E-state index in [1.54, 1.807) is 11.3 Å². The van der Waals surface area contributed by atoms with Crippen LogP contribution in [-0.2, 0) is 6.42 Å². The van der Waals surface area contributed by atoms with Crippen molar-refractivity contribution >= 4 is 11.3 Å². The van der Waals surface area contributed by atoms with Gasteiger partial charge in [-0.3, -0.25) is 0 Å². The number of aryl methyl sites for hydroxylation is 1. The molecule has 1 atom stereocenters. The van der Waals surface area contributed by atoms with Gasteiger partial charge in [-0.25, -0.2) is 4.98 Å². The molecule has 0 amide bonds. The third kappa shape index (κ3) is 2.43. The molecule has 0 radical (unpaired) electrons. The molecule has 3 N–H and O–H groups in total. The summed E-state index contributed by atoms with van der Waals surface area (Å²) in [7, 11) is 0. The second-order valence-corrected chi connectivity index (χ2v) is 4.34. The van der Waals surface area contributed by atoms with E-state index in [-0.39, 0.29) is 12.5 Å². The van der Waals surface area contributed by atoms with Crippen LogP contribution in [0.2, 0.25) is 0 Å². The highest BCUT2D eigenvalue weighted by Crippen LogP contribution is 2.14. The Kier molecular flexibility index (Phi) is 3.28. The van der Waals surface area contributed by atoms with Gasteiger partial charge in [0.15, 0.2) is 5.82 Å². The van der Waals surface area contributed by atoms with E-state index in [0.717, 1.165) is 10.7 Å². The molecule has 0 unspecified atom stereocenters. The molecule has 2 heterocycles. The smallest absolute Gasteiger partial charge is 0.245 e. The Morgan fingerprint density at radius 1 is 1.56 bits per heavy atom. The Bertz CT molecular complexity index is 468. The van der Waals surface area contributed by atoms with Crippen LogP contribution >= 0.6 is 11.3 Å². The van der Waals surface area contributed by atoms with Gasteiger partial charge in [0.1, 0.15) is 11.0 Å². The highest BCUT2D eigenvalue weighted by molar-refractivity contribution is 7.09. The first-order valence-corrected chi connectivity index (χ1v) is 5.67. The van der Waals surface area contributed by atoms with Crippen LogP contribution < -0.4 is 5.73 Å². The minimum absolute atomic E-state index is 0.210. The third-order valence-corrected chi connectivity index (χ3v) is 2.94. The van der Waals surface area contributed by atoms with Crippen molar-refractivity contribution < 1.29 is 9.63 Å². The molecule has 0 aromatic carbocycles. The lowest BCUT2D eigenvalue weighted by molar-refractivity contribution is 0.236. The molecule has 86 valence electrons. The Hall–Kier alpha value is -1.31. The summed E-state index contributed by atoms with van der Waals surface area (Å²) in [6, 6.07) is -0.612. The highest BCUT2D eigenvalue weighted by atomic mass is 32.1. The lowest BCUT2D eigenvalue weighted by atomic mass is 10.3. The van der Waals surface area contributed by atoms with Crippen molar-refractivity contribution in [3.63, 3.8) is 0 Å². The van der Waals surface area contributed by atoms with Crippen molar-refractivity contribution in [1.82, 2.24) is 15.1 Å². The summed E-state index contributed by atoms with van der Waals surface area (Å²) >= 11 is 1.55. The Morgan fingerprint density at radius 2 is 2.38 bits per heavy atom. The average molecular weight is 240 g/mol. The summed E-state index contributed by atoms with van der Waals surface area (Å²) in [5, 5.41) is 15.5. The molecule has 6 nitrogen and oxygen atoms in total. The lowest BCUT2D eigenvalue weighted by Crippen LogP contribution is -2.14. The van der Waals surface area contributed by atoms with Crippen LogP contribution in [0.4, 0.5) is 0 Å². The monoisotopic (exact) mass is 240 g/mol. The van der Waals surface area contributed by atoms with Gasteiger partial charge in [0.25, 0.3) is 0 Å². The number of rotatable bonds is 4. The van der Waals surface area contributed by atoms with E-state index in [1.807, 2.05) is 12.3 Å². The van der Waals surface area contributed by atoms with Crippen molar-refractivity contribution in [3.05, 3.63) is 27.8 Å². The van der Waals surface area contributed by atoms with Crippen molar-refractivity contribution in [2.24, 2.45) is 5.73 Å². The molecule has 0 aliphatic rings. The summed E-state index contributed by atoms with van der Waals surface area (Å²) in [4.78, 5) is 8.39. The van der Waals surface area contributed by atoms with Gasteiger partial charge in [0, 0.05) is 11.1 Å². The first-order valence-electron chi connectivity index (χ1n) is 4.79. The quantitative estimate of drug-likeness (QED) is 0.803. The number of aliphatic hydroxyl groups is 1. The molecule has 0 bridgehead atoms. The second kappa shape index (κ2) is 4.69. The topological polar surface area (TPSA) is 98.1 Å². The van der Waals surface area contributed by atoms with Gasteiger partial charge in [-0.05, 0) is 6.92 Å². The zero-order chi connectivity index (χ0) is 11.5. The van der Waals surface area contributed by atoms with Crippen LogP contribution in [0.1, 0.15) is 28.5 Å². The molecule has 16 heavy (non-hydrogen) atoms. The van der Waals surface area contributed by atoms with Gasteiger partial charge >= 0.3 is 0 Å². The SMILES string of the molecule is Cc1csc(Cc2noc([C@@H](N)CO)n2)n1. The zero-order valence-corrected chi connectivity index (χ0v) is 9.57. The van der Waals surface area contributed by atoms with Crippen LogP contribution in [0.5, 0.6) is 0 Å². The molecule has 2 aromatic rings. The van der Waals surface area contributed by atoms with Crippen LogP contribution in [0.3, 0.4) is 0 Å². The van der Waals surface area contributed by atoms with Crippen molar-refractivity contribution in [1.29, 1.82) is 0 Å². The van der Waals surface area contributed by atoms with Gasteiger partial charge in [-0.1, -0.05) is 5.16 Å². The van der Waals surface area contributed by atoms with Crippen molar-refractivity contribution in [3.8, 4) is 0 Å². The number of aromatic nitrogens is 3. The lowest BCUT2D eigenvalue weighted by Gasteiger charge is -1.98. The van der Waals surface area contributed by atoms with Gasteiger partial charge in [-0.2, -0.15) is 4.98 Å².